The number of amides is 1. The first-order valence-electron chi connectivity index (χ1n) is 11.2. The van der Waals surface area contributed by atoms with E-state index in [-0.39, 0.29) is 17.7 Å². The van der Waals surface area contributed by atoms with Crippen molar-refractivity contribution in [3.05, 3.63) is 70.6 Å². The molecular formula is C25H30N8O. The second-order valence-electron chi connectivity index (χ2n) is 9.50. The van der Waals surface area contributed by atoms with Crippen molar-refractivity contribution in [3.8, 4) is 11.8 Å². The number of aromatic nitrogens is 7. The first kappa shape index (κ1) is 23.3. The molecule has 4 aromatic rings. The lowest BCUT2D eigenvalue weighted by atomic mass is 9.92. The Labute approximate surface area is 199 Å². The van der Waals surface area contributed by atoms with Gasteiger partial charge in [0.25, 0.3) is 5.95 Å². The zero-order chi connectivity index (χ0) is 24.6. The standard InChI is InChI=1S/C25H30N8O/c1-15-12-16(2)28-24(27-15)32-18(4)19(17(3)30-32)13-23(34)29-22-14-20(25(5,6)7)31-33(22)21-10-8-9-11-26-21/h8-12,14H,13H2,1-7H3,(H,29,34). The fourth-order valence-electron chi connectivity index (χ4n) is 3.77. The zero-order valence-electron chi connectivity index (χ0n) is 20.7. The molecule has 1 N–H and O–H groups in total. The third kappa shape index (κ3) is 4.73. The van der Waals surface area contributed by atoms with Crippen molar-refractivity contribution in [1.82, 2.24) is 34.5 Å². The Bertz CT molecular complexity index is 1330. The van der Waals surface area contributed by atoms with Gasteiger partial charge in [-0.1, -0.05) is 26.8 Å². The minimum Gasteiger partial charge on any atom is -0.310 e. The molecule has 34 heavy (non-hydrogen) atoms. The van der Waals surface area contributed by atoms with Crippen LogP contribution in [0.1, 0.15) is 54.8 Å². The molecule has 9 heteroatoms. The number of carbonyl (C=O) groups excluding carboxylic acids is 1. The molecule has 4 rings (SSSR count). The summed E-state index contributed by atoms with van der Waals surface area (Å²) in [6, 6.07) is 9.41. The average molecular weight is 459 g/mol. The number of carbonyl (C=O) groups is 1. The number of aryl methyl sites for hydroxylation is 3. The smallest absolute Gasteiger partial charge is 0.251 e. The summed E-state index contributed by atoms with van der Waals surface area (Å²) in [5, 5.41) is 12.3. The van der Waals surface area contributed by atoms with Gasteiger partial charge in [0, 0.05) is 40.3 Å². The Balaban J connectivity index is 1.63. The van der Waals surface area contributed by atoms with E-state index >= 15 is 0 Å². The molecule has 9 nitrogen and oxygen atoms in total. The van der Waals surface area contributed by atoms with Gasteiger partial charge >= 0.3 is 0 Å². The number of anilines is 1. The van der Waals surface area contributed by atoms with E-state index in [2.05, 4.69) is 46.1 Å². The molecule has 0 aliphatic heterocycles. The molecule has 0 radical (unpaired) electrons. The second-order valence-corrected chi connectivity index (χ2v) is 9.50. The van der Waals surface area contributed by atoms with Crippen LogP contribution in [0.15, 0.2) is 36.5 Å². The van der Waals surface area contributed by atoms with Crippen LogP contribution in [0.2, 0.25) is 0 Å². The van der Waals surface area contributed by atoms with E-state index in [1.165, 1.54) is 0 Å². The molecule has 0 unspecified atom stereocenters. The Hall–Kier alpha value is -3.88. The van der Waals surface area contributed by atoms with Gasteiger partial charge in [0.15, 0.2) is 5.82 Å². The minimum atomic E-state index is -0.181. The maximum atomic E-state index is 13.1. The van der Waals surface area contributed by atoms with Crippen molar-refractivity contribution in [2.45, 2.75) is 60.3 Å². The molecule has 4 aromatic heterocycles. The first-order valence-corrected chi connectivity index (χ1v) is 11.2. The van der Waals surface area contributed by atoms with E-state index < -0.39 is 0 Å². The third-order valence-corrected chi connectivity index (χ3v) is 5.55. The number of hydrogen-bond donors (Lipinski definition) is 1. The maximum absolute atomic E-state index is 13.1. The van der Waals surface area contributed by atoms with Crippen LogP contribution in [0.3, 0.4) is 0 Å². The van der Waals surface area contributed by atoms with Crippen molar-refractivity contribution >= 4 is 11.7 Å². The number of hydrogen-bond acceptors (Lipinski definition) is 6. The highest BCUT2D eigenvalue weighted by Gasteiger charge is 2.23. The topological polar surface area (TPSA) is 103 Å². The Morgan fingerprint density at radius 1 is 0.971 bits per heavy atom. The Kier molecular flexibility index (Phi) is 6.03. The van der Waals surface area contributed by atoms with Crippen LogP contribution in [0.4, 0.5) is 5.82 Å². The van der Waals surface area contributed by atoms with E-state index in [0.717, 1.165) is 34.0 Å². The van der Waals surface area contributed by atoms with Gasteiger partial charge in [0.2, 0.25) is 5.91 Å². The number of nitrogens with zero attached hydrogens (tertiary/aromatic N) is 7. The molecule has 0 fully saturated rings. The van der Waals surface area contributed by atoms with E-state index in [9.17, 15) is 4.79 Å². The minimum absolute atomic E-state index is 0.162. The number of pyridine rings is 1. The molecule has 176 valence electrons. The Morgan fingerprint density at radius 2 is 1.68 bits per heavy atom. The average Bonchev–Trinajstić information content (AvgIpc) is 3.30. The van der Waals surface area contributed by atoms with Crippen LogP contribution >= 0.6 is 0 Å². The number of nitrogens with one attached hydrogen (secondary N) is 1. The lowest BCUT2D eigenvalue weighted by molar-refractivity contribution is -0.115. The predicted octanol–water partition coefficient (Wildman–Crippen LogP) is 3.96. The largest absolute Gasteiger partial charge is 0.310 e. The summed E-state index contributed by atoms with van der Waals surface area (Å²) in [7, 11) is 0. The molecule has 0 saturated carbocycles. The highest BCUT2D eigenvalue weighted by Crippen LogP contribution is 2.26. The van der Waals surface area contributed by atoms with Crippen LogP contribution < -0.4 is 5.32 Å². The quantitative estimate of drug-likeness (QED) is 0.486. The summed E-state index contributed by atoms with van der Waals surface area (Å²) in [5.74, 6) is 1.56. The molecule has 0 aliphatic carbocycles. The monoisotopic (exact) mass is 458 g/mol. The summed E-state index contributed by atoms with van der Waals surface area (Å²) in [6.45, 7) is 13.9. The van der Waals surface area contributed by atoms with Gasteiger partial charge in [-0.05, 0) is 45.9 Å². The summed E-state index contributed by atoms with van der Waals surface area (Å²) in [5.41, 5.74) is 4.87. The van der Waals surface area contributed by atoms with Gasteiger partial charge < -0.3 is 5.32 Å². The van der Waals surface area contributed by atoms with E-state index in [1.54, 1.807) is 15.6 Å². The van der Waals surface area contributed by atoms with Crippen molar-refractivity contribution in [1.29, 1.82) is 0 Å². The van der Waals surface area contributed by atoms with Crippen LogP contribution in [0.5, 0.6) is 0 Å². The SMILES string of the molecule is Cc1cc(C)nc(-n2nc(C)c(CC(=O)Nc3cc(C(C)(C)C)nn3-c3ccccn3)c2C)n1. The van der Waals surface area contributed by atoms with Crippen molar-refractivity contribution in [2.24, 2.45) is 0 Å². The van der Waals surface area contributed by atoms with Gasteiger partial charge in [0.1, 0.15) is 5.82 Å². The summed E-state index contributed by atoms with van der Waals surface area (Å²) < 4.78 is 3.37. The van der Waals surface area contributed by atoms with Gasteiger partial charge in [-0.25, -0.2) is 19.6 Å². The lowest BCUT2D eigenvalue weighted by Crippen LogP contribution is -2.18. The molecule has 0 aromatic carbocycles. The lowest BCUT2D eigenvalue weighted by Gasteiger charge is -2.13. The molecular weight excluding hydrogens is 428 g/mol. The molecule has 0 atom stereocenters. The highest BCUT2D eigenvalue weighted by molar-refractivity contribution is 5.92. The molecule has 0 saturated heterocycles. The molecule has 0 aliphatic rings. The Morgan fingerprint density at radius 3 is 2.29 bits per heavy atom. The molecule has 4 heterocycles. The van der Waals surface area contributed by atoms with Gasteiger partial charge in [-0.3, -0.25) is 4.79 Å². The van der Waals surface area contributed by atoms with E-state index in [4.69, 9.17) is 5.10 Å². The summed E-state index contributed by atoms with van der Waals surface area (Å²) >= 11 is 0. The van der Waals surface area contributed by atoms with E-state index in [1.807, 2.05) is 58.0 Å². The fourth-order valence-corrected chi connectivity index (χ4v) is 3.77. The van der Waals surface area contributed by atoms with Crippen LogP contribution in [-0.4, -0.2) is 40.4 Å². The van der Waals surface area contributed by atoms with Crippen LogP contribution in [-0.2, 0) is 16.6 Å². The van der Waals surface area contributed by atoms with E-state index in [0.29, 0.717) is 17.6 Å². The van der Waals surface area contributed by atoms with Crippen molar-refractivity contribution in [3.63, 3.8) is 0 Å². The maximum Gasteiger partial charge on any atom is 0.251 e. The second kappa shape index (κ2) is 8.81. The normalized spacial score (nSPS) is 11.6. The van der Waals surface area contributed by atoms with Gasteiger partial charge in [-0.15, -0.1) is 0 Å². The predicted molar refractivity (Wildman–Crippen MR) is 130 cm³/mol. The summed E-state index contributed by atoms with van der Waals surface area (Å²) in [4.78, 5) is 26.6. The third-order valence-electron chi connectivity index (χ3n) is 5.55. The fraction of sp³-hybridized carbons (Fsp3) is 0.360. The van der Waals surface area contributed by atoms with Gasteiger partial charge in [-0.2, -0.15) is 14.9 Å². The molecule has 0 bridgehead atoms. The van der Waals surface area contributed by atoms with Crippen LogP contribution in [0.25, 0.3) is 11.8 Å². The molecule has 0 spiro atoms. The van der Waals surface area contributed by atoms with Crippen molar-refractivity contribution < 1.29 is 4.79 Å². The number of rotatable bonds is 5. The first-order chi connectivity index (χ1) is 16.0. The summed E-state index contributed by atoms with van der Waals surface area (Å²) in [6.07, 6.45) is 1.87. The van der Waals surface area contributed by atoms with Crippen LogP contribution in [0, 0.1) is 27.7 Å². The molecule has 1 amide bonds. The highest BCUT2D eigenvalue weighted by atomic mass is 16.1. The van der Waals surface area contributed by atoms with Gasteiger partial charge in [0.05, 0.1) is 17.8 Å². The zero-order valence-corrected chi connectivity index (χ0v) is 20.7. The van der Waals surface area contributed by atoms with Crippen molar-refractivity contribution in [2.75, 3.05) is 5.32 Å².